The number of aromatic nitrogens is 3. The minimum absolute atomic E-state index is 0.00504. The van der Waals surface area contributed by atoms with Crippen LogP contribution in [0.4, 0.5) is 0 Å². The van der Waals surface area contributed by atoms with Gasteiger partial charge in [-0.2, -0.15) is 5.10 Å². The number of hydrogen-bond acceptors (Lipinski definition) is 4. The molecule has 1 fully saturated rings. The molecule has 8 nitrogen and oxygen atoms in total. The lowest BCUT2D eigenvalue weighted by Crippen LogP contribution is -2.38. The summed E-state index contributed by atoms with van der Waals surface area (Å²) in [6.45, 7) is 6.26. The molecule has 2 amide bonds. The lowest BCUT2D eigenvalue weighted by molar-refractivity contribution is 0.0759. The molecule has 35 heavy (non-hydrogen) atoms. The maximum absolute atomic E-state index is 13.3. The number of nitrogens with zero attached hydrogens (tertiary/aromatic N) is 4. The maximum atomic E-state index is 13.3. The largest absolute Gasteiger partial charge is 0.352 e. The first-order valence-corrected chi connectivity index (χ1v) is 12.3. The summed E-state index contributed by atoms with van der Waals surface area (Å²) in [7, 11) is 0. The van der Waals surface area contributed by atoms with E-state index in [4.69, 9.17) is 0 Å². The molecule has 0 spiro atoms. The van der Waals surface area contributed by atoms with E-state index in [1.165, 1.54) is 0 Å². The number of pyridine rings is 1. The monoisotopic (exact) mass is 475 g/mol. The molecule has 184 valence electrons. The predicted octanol–water partition coefficient (Wildman–Crippen LogP) is 3.64. The third-order valence-corrected chi connectivity index (χ3v) is 6.16. The molecular weight excluding hydrogens is 442 g/mol. The van der Waals surface area contributed by atoms with Gasteiger partial charge in [0.15, 0.2) is 0 Å². The van der Waals surface area contributed by atoms with Gasteiger partial charge in [0, 0.05) is 51.0 Å². The van der Waals surface area contributed by atoms with E-state index in [0.717, 1.165) is 36.9 Å². The zero-order chi connectivity index (χ0) is 24.8. The molecule has 1 saturated heterocycles. The molecule has 0 saturated carbocycles. The molecule has 0 bridgehead atoms. The first-order valence-electron chi connectivity index (χ1n) is 12.3. The van der Waals surface area contributed by atoms with Crippen molar-refractivity contribution in [1.82, 2.24) is 24.6 Å². The molecular formula is C27H33N5O3. The van der Waals surface area contributed by atoms with Crippen LogP contribution in [0, 0.1) is 5.92 Å². The highest BCUT2D eigenvalue weighted by Gasteiger charge is 2.24. The van der Waals surface area contributed by atoms with E-state index in [1.54, 1.807) is 32.7 Å². The topological polar surface area (TPSA) is 89.2 Å². The fraction of sp³-hybridized carbons (Fsp3) is 0.407. The number of rotatable bonds is 7. The highest BCUT2D eigenvalue weighted by Crippen LogP contribution is 2.14. The van der Waals surface area contributed by atoms with Crippen LogP contribution in [0.3, 0.4) is 0 Å². The van der Waals surface area contributed by atoms with E-state index < -0.39 is 11.3 Å². The fourth-order valence-corrected chi connectivity index (χ4v) is 4.42. The lowest BCUT2D eigenvalue weighted by Gasteiger charge is -2.21. The second-order valence-electron chi connectivity index (χ2n) is 9.51. The van der Waals surface area contributed by atoms with Gasteiger partial charge in [-0.05, 0) is 42.5 Å². The summed E-state index contributed by atoms with van der Waals surface area (Å²) in [4.78, 5) is 41.5. The Hall–Kier alpha value is -3.68. The minimum atomic E-state index is -0.512. The summed E-state index contributed by atoms with van der Waals surface area (Å²) < 4.78 is 3.54. The van der Waals surface area contributed by atoms with Crippen molar-refractivity contribution in [3.05, 3.63) is 82.0 Å². The number of nitrogens with one attached hydrogen (secondary N) is 1. The zero-order valence-corrected chi connectivity index (χ0v) is 20.4. The van der Waals surface area contributed by atoms with Gasteiger partial charge in [0.2, 0.25) is 5.43 Å². The van der Waals surface area contributed by atoms with Crippen molar-refractivity contribution in [2.75, 3.05) is 13.1 Å². The standard InChI is InChI=1S/C27H33N5O3/c1-20(2)17-30-18-23(25(33)24(19-30)27(35)31-12-5-3-4-6-13-31)26(34)28-16-21-9-7-10-22(15-21)32-14-8-11-29-32/h7-11,14-15,18-20H,3-6,12-13,16-17H2,1-2H3,(H,28,34). The van der Waals surface area contributed by atoms with Crippen molar-refractivity contribution < 1.29 is 9.59 Å². The highest BCUT2D eigenvalue weighted by molar-refractivity contribution is 5.99. The van der Waals surface area contributed by atoms with E-state index in [0.29, 0.717) is 25.6 Å². The summed E-state index contributed by atoms with van der Waals surface area (Å²) in [6, 6.07) is 9.51. The first kappa shape index (κ1) is 24.4. The van der Waals surface area contributed by atoms with Crippen LogP contribution in [0.25, 0.3) is 5.69 Å². The fourth-order valence-electron chi connectivity index (χ4n) is 4.42. The van der Waals surface area contributed by atoms with Crippen molar-refractivity contribution in [1.29, 1.82) is 0 Å². The number of amides is 2. The quantitative estimate of drug-likeness (QED) is 0.565. The summed E-state index contributed by atoms with van der Waals surface area (Å²) in [5.41, 5.74) is 1.31. The maximum Gasteiger partial charge on any atom is 0.259 e. The molecule has 2 aromatic heterocycles. The lowest BCUT2D eigenvalue weighted by atomic mass is 10.1. The summed E-state index contributed by atoms with van der Waals surface area (Å²) in [5, 5.41) is 7.09. The van der Waals surface area contributed by atoms with E-state index in [-0.39, 0.29) is 23.6 Å². The average Bonchev–Trinajstić information content (AvgIpc) is 3.25. The highest BCUT2D eigenvalue weighted by atomic mass is 16.2. The number of hydrogen-bond donors (Lipinski definition) is 1. The second kappa shape index (κ2) is 11.2. The Labute approximate surface area is 205 Å². The predicted molar refractivity (Wildman–Crippen MR) is 135 cm³/mol. The molecule has 1 aliphatic heterocycles. The number of benzene rings is 1. The van der Waals surface area contributed by atoms with Gasteiger partial charge in [-0.15, -0.1) is 0 Å². The molecule has 4 rings (SSSR count). The van der Waals surface area contributed by atoms with Crippen molar-refractivity contribution in [3.8, 4) is 5.69 Å². The molecule has 8 heteroatoms. The minimum Gasteiger partial charge on any atom is -0.352 e. The third-order valence-electron chi connectivity index (χ3n) is 6.16. The Morgan fingerprint density at radius 1 is 1.03 bits per heavy atom. The first-order chi connectivity index (χ1) is 16.9. The summed E-state index contributed by atoms with van der Waals surface area (Å²) in [6.07, 6.45) is 10.8. The molecule has 0 aliphatic carbocycles. The number of likely N-dealkylation sites (tertiary alicyclic amines) is 1. The van der Waals surface area contributed by atoms with Crippen LogP contribution < -0.4 is 10.7 Å². The molecule has 0 unspecified atom stereocenters. The van der Waals surface area contributed by atoms with Crippen molar-refractivity contribution in [2.45, 2.75) is 52.6 Å². The van der Waals surface area contributed by atoms with Gasteiger partial charge in [0.05, 0.1) is 5.69 Å². The molecule has 1 aromatic carbocycles. The normalized spacial score (nSPS) is 14.1. The van der Waals surface area contributed by atoms with Crippen molar-refractivity contribution in [2.24, 2.45) is 5.92 Å². The average molecular weight is 476 g/mol. The Kier molecular flexibility index (Phi) is 7.80. The Balaban J connectivity index is 1.57. The van der Waals surface area contributed by atoms with Crippen LogP contribution in [0.2, 0.25) is 0 Å². The van der Waals surface area contributed by atoms with Gasteiger partial charge in [0.1, 0.15) is 11.1 Å². The van der Waals surface area contributed by atoms with Gasteiger partial charge in [-0.25, -0.2) is 4.68 Å². The van der Waals surface area contributed by atoms with Crippen LogP contribution in [0.5, 0.6) is 0 Å². The molecule has 1 N–H and O–H groups in total. The van der Waals surface area contributed by atoms with Crippen LogP contribution in [-0.2, 0) is 13.1 Å². The van der Waals surface area contributed by atoms with Gasteiger partial charge in [-0.1, -0.05) is 38.8 Å². The van der Waals surface area contributed by atoms with Gasteiger partial charge in [-0.3, -0.25) is 14.4 Å². The van der Waals surface area contributed by atoms with Crippen LogP contribution >= 0.6 is 0 Å². The molecule has 0 radical (unpaired) electrons. The van der Waals surface area contributed by atoms with Crippen LogP contribution in [0.15, 0.2) is 59.9 Å². The van der Waals surface area contributed by atoms with E-state index in [1.807, 2.05) is 36.5 Å². The summed E-state index contributed by atoms with van der Waals surface area (Å²) in [5.74, 6) is -0.474. The number of carbonyl (C=O) groups is 2. The SMILES string of the molecule is CC(C)Cn1cc(C(=O)NCc2cccc(-n3cccn3)c2)c(=O)c(C(=O)N2CCCCCC2)c1. The van der Waals surface area contributed by atoms with Crippen LogP contribution in [-0.4, -0.2) is 44.2 Å². The second-order valence-corrected chi connectivity index (χ2v) is 9.51. The van der Waals surface area contributed by atoms with Gasteiger partial charge >= 0.3 is 0 Å². The molecule has 3 heterocycles. The van der Waals surface area contributed by atoms with Crippen LogP contribution in [0.1, 0.15) is 65.8 Å². The molecule has 0 atom stereocenters. The Morgan fingerprint density at radius 2 is 1.77 bits per heavy atom. The molecule has 3 aromatic rings. The smallest absolute Gasteiger partial charge is 0.259 e. The third kappa shape index (κ3) is 6.07. The number of carbonyl (C=O) groups excluding carboxylic acids is 2. The Morgan fingerprint density at radius 3 is 2.46 bits per heavy atom. The molecule has 1 aliphatic rings. The van der Waals surface area contributed by atoms with Gasteiger partial charge in [0.25, 0.3) is 11.8 Å². The summed E-state index contributed by atoms with van der Waals surface area (Å²) >= 11 is 0. The van der Waals surface area contributed by atoms with Gasteiger partial charge < -0.3 is 14.8 Å². The van der Waals surface area contributed by atoms with E-state index in [2.05, 4.69) is 24.3 Å². The zero-order valence-electron chi connectivity index (χ0n) is 20.4. The van der Waals surface area contributed by atoms with E-state index in [9.17, 15) is 14.4 Å². The van der Waals surface area contributed by atoms with E-state index >= 15 is 0 Å². The Bertz CT molecular complexity index is 1220. The van der Waals surface area contributed by atoms with Crippen molar-refractivity contribution in [3.63, 3.8) is 0 Å². The van der Waals surface area contributed by atoms with Crippen molar-refractivity contribution >= 4 is 11.8 Å².